The molecule has 4 rings (SSSR count). The normalized spacial score (nSPS) is 24.2. The molecule has 3 atom stereocenters. The van der Waals surface area contributed by atoms with Crippen LogP contribution in [-0.4, -0.2) is 4.92 Å². The molecule has 1 N–H and O–H groups in total. The van der Waals surface area contributed by atoms with E-state index in [2.05, 4.69) is 43.4 Å². The fourth-order valence-electron chi connectivity index (χ4n) is 4.27. The van der Waals surface area contributed by atoms with Gasteiger partial charge in [0.05, 0.1) is 11.0 Å². The first kappa shape index (κ1) is 14.9. The number of rotatable bonds is 2. The fourth-order valence-corrected chi connectivity index (χ4v) is 4.27. The van der Waals surface area contributed by atoms with E-state index >= 15 is 0 Å². The van der Waals surface area contributed by atoms with Crippen LogP contribution < -0.4 is 5.32 Å². The molecule has 0 spiro atoms. The van der Waals surface area contributed by atoms with Crippen LogP contribution in [0.25, 0.3) is 0 Å². The second kappa shape index (κ2) is 5.48. The number of hydrogen-bond acceptors (Lipinski definition) is 3. The van der Waals surface area contributed by atoms with Crippen molar-refractivity contribution >= 4 is 11.4 Å². The third-order valence-electron chi connectivity index (χ3n) is 5.28. The molecular formula is C20H20N2O2. The molecule has 2 aromatic carbocycles. The number of allylic oxidation sites excluding steroid dienone is 2. The number of benzene rings is 2. The number of non-ortho nitro benzene ring substituents is 1. The molecule has 2 aromatic rings. The molecule has 0 aromatic heterocycles. The van der Waals surface area contributed by atoms with E-state index in [9.17, 15) is 10.1 Å². The first-order chi connectivity index (χ1) is 11.5. The van der Waals surface area contributed by atoms with Gasteiger partial charge in [0.15, 0.2) is 0 Å². The number of anilines is 1. The van der Waals surface area contributed by atoms with Gasteiger partial charge in [-0.15, -0.1) is 0 Å². The molecule has 24 heavy (non-hydrogen) atoms. The number of fused-ring (bicyclic) bond motifs is 3. The highest BCUT2D eigenvalue weighted by Gasteiger charge is 2.38. The molecule has 4 heteroatoms. The Bertz CT molecular complexity index is 839. The van der Waals surface area contributed by atoms with Crippen LogP contribution in [0, 0.1) is 29.9 Å². The zero-order chi connectivity index (χ0) is 16.8. The molecule has 1 aliphatic heterocycles. The lowest BCUT2D eigenvalue weighted by molar-refractivity contribution is -0.384. The molecule has 0 amide bonds. The standard InChI is InChI=1S/C20H20N2O2/c1-12-10-13(2)19-16-4-3-5-17(16)20(21-18(19)11-12)14-6-8-15(9-7-14)22(23)24/h3-4,6-11,16-17,20-21H,5H2,1-2H3/t16-,17+,20+/m0/s1. The van der Waals surface area contributed by atoms with Gasteiger partial charge in [0.1, 0.15) is 0 Å². The minimum absolute atomic E-state index is 0.141. The number of nitro groups is 1. The molecule has 1 heterocycles. The van der Waals surface area contributed by atoms with Crippen molar-refractivity contribution in [3.63, 3.8) is 0 Å². The lowest BCUT2D eigenvalue weighted by atomic mass is 9.75. The lowest BCUT2D eigenvalue weighted by Gasteiger charge is -2.38. The quantitative estimate of drug-likeness (QED) is 0.479. The summed E-state index contributed by atoms with van der Waals surface area (Å²) in [4.78, 5) is 10.5. The van der Waals surface area contributed by atoms with Crippen molar-refractivity contribution in [2.45, 2.75) is 32.2 Å². The molecule has 0 unspecified atom stereocenters. The molecule has 122 valence electrons. The van der Waals surface area contributed by atoms with Crippen LogP contribution >= 0.6 is 0 Å². The van der Waals surface area contributed by atoms with Crippen molar-refractivity contribution in [3.8, 4) is 0 Å². The highest BCUT2D eigenvalue weighted by atomic mass is 16.6. The Balaban J connectivity index is 1.76. The number of nitrogens with one attached hydrogen (secondary N) is 1. The second-order valence-corrected chi connectivity index (χ2v) is 6.87. The summed E-state index contributed by atoms with van der Waals surface area (Å²) in [7, 11) is 0. The van der Waals surface area contributed by atoms with E-state index in [1.165, 1.54) is 22.4 Å². The third-order valence-corrected chi connectivity index (χ3v) is 5.28. The van der Waals surface area contributed by atoms with Crippen molar-refractivity contribution in [3.05, 3.63) is 80.9 Å². The van der Waals surface area contributed by atoms with Gasteiger partial charge in [-0.3, -0.25) is 10.1 Å². The number of nitrogens with zero attached hydrogens (tertiary/aromatic N) is 1. The van der Waals surface area contributed by atoms with Crippen LogP contribution in [0.3, 0.4) is 0 Å². The Morgan fingerprint density at radius 3 is 2.62 bits per heavy atom. The Morgan fingerprint density at radius 2 is 1.92 bits per heavy atom. The monoisotopic (exact) mass is 320 g/mol. The van der Waals surface area contributed by atoms with Crippen molar-refractivity contribution in [1.82, 2.24) is 0 Å². The van der Waals surface area contributed by atoms with Crippen molar-refractivity contribution < 1.29 is 4.92 Å². The number of nitro benzene ring substituents is 1. The van der Waals surface area contributed by atoms with E-state index in [1.54, 1.807) is 12.1 Å². The summed E-state index contributed by atoms with van der Waals surface area (Å²) in [6, 6.07) is 11.6. The van der Waals surface area contributed by atoms with Crippen LogP contribution in [0.15, 0.2) is 48.6 Å². The number of aryl methyl sites for hydroxylation is 2. The van der Waals surface area contributed by atoms with Gasteiger partial charge in [-0.25, -0.2) is 0 Å². The van der Waals surface area contributed by atoms with Crippen LogP contribution in [-0.2, 0) is 0 Å². The van der Waals surface area contributed by atoms with E-state index in [4.69, 9.17) is 0 Å². The first-order valence-corrected chi connectivity index (χ1v) is 8.33. The fraction of sp³-hybridized carbons (Fsp3) is 0.300. The average Bonchev–Trinajstić information content (AvgIpc) is 3.02. The van der Waals surface area contributed by atoms with Crippen LogP contribution in [0.5, 0.6) is 0 Å². The topological polar surface area (TPSA) is 55.2 Å². The van der Waals surface area contributed by atoms with Gasteiger partial charge in [0.2, 0.25) is 0 Å². The molecule has 1 aliphatic carbocycles. The molecule has 0 fully saturated rings. The second-order valence-electron chi connectivity index (χ2n) is 6.87. The maximum atomic E-state index is 10.9. The Morgan fingerprint density at radius 1 is 1.17 bits per heavy atom. The lowest BCUT2D eigenvalue weighted by Crippen LogP contribution is -2.29. The van der Waals surface area contributed by atoms with Gasteiger partial charge in [-0.05, 0) is 54.5 Å². The largest absolute Gasteiger partial charge is 0.378 e. The van der Waals surface area contributed by atoms with Crippen molar-refractivity contribution in [2.75, 3.05) is 5.32 Å². The van der Waals surface area contributed by atoms with E-state index in [-0.39, 0.29) is 16.7 Å². The highest BCUT2D eigenvalue weighted by molar-refractivity contribution is 5.63. The predicted octanol–water partition coefficient (Wildman–Crippen LogP) is 5.04. The van der Waals surface area contributed by atoms with Gasteiger partial charge in [-0.2, -0.15) is 0 Å². The van der Waals surface area contributed by atoms with E-state index in [0.717, 1.165) is 12.0 Å². The Kier molecular flexibility index (Phi) is 3.41. The average molecular weight is 320 g/mol. The van der Waals surface area contributed by atoms with Gasteiger partial charge in [-0.1, -0.05) is 30.4 Å². The maximum absolute atomic E-state index is 10.9. The van der Waals surface area contributed by atoms with E-state index in [0.29, 0.717) is 11.8 Å². The first-order valence-electron chi connectivity index (χ1n) is 8.33. The summed E-state index contributed by atoms with van der Waals surface area (Å²) in [5, 5.41) is 14.6. The zero-order valence-electron chi connectivity index (χ0n) is 13.8. The summed E-state index contributed by atoms with van der Waals surface area (Å²) in [6.45, 7) is 4.30. The molecule has 0 radical (unpaired) electrons. The number of hydrogen-bond donors (Lipinski definition) is 1. The minimum Gasteiger partial charge on any atom is -0.378 e. The van der Waals surface area contributed by atoms with Crippen LogP contribution in [0.2, 0.25) is 0 Å². The summed E-state index contributed by atoms with van der Waals surface area (Å²) >= 11 is 0. The van der Waals surface area contributed by atoms with Gasteiger partial charge >= 0.3 is 0 Å². The molecule has 2 aliphatic rings. The van der Waals surface area contributed by atoms with Gasteiger partial charge < -0.3 is 5.32 Å². The molecule has 0 saturated heterocycles. The van der Waals surface area contributed by atoms with Crippen molar-refractivity contribution in [1.29, 1.82) is 0 Å². The third kappa shape index (κ3) is 2.30. The minimum atomic E-state index is -0.347. The van der Waals surface area contributed by atoms with Crippen molar-refractivity contribution in [2.24, 2.45) is 5.92 Å². The molecular weight excluding hydrogens is 300 g/mol. The van der Waals surface area contributed by atoms with Gasteiger partial charge in [0, 0.05) is 23.7 Å². The SMILES string of the molecule is Cc1cc(C)c2c(c1)N[C@H](c1ccc([N+](=O)[O-])cc1)[C@@H]1CC=C[C@H]21. The van der Waals surface area contributed by atoms with E-state index < -0.39 is 0 Å². The van der Waals surface area contributed by atoms with Crippen LogP contribution in [0.4, 0.5) is 11.4 Å². The van der Waals surface area contributed by atoms with Crippen LogP contribution in [0.1, 0.15) is 40.6 Å². The molecule has 4 nitrogen and oxygen atoms in total. The maximum Gasteiger partial charge on any atom is 0.269 e. The Labute approximate surface area is 141 Å². The predicted molar refractivity (Wildman–Crippen MR) is 95.4 cm³/mol. The highest BCUT2D eigenvalue weighted by Crippen LogP contribution is 2.51. The smallest absolute Gasteiger partial charge is 0.269 e. The molecule has 0 saturated carbocycles. The van der Waals surface area contributed by atoms with Gasteiger partial charge in [0.25, 0.3) is 5.69 Å². The summed E-state index contributed by atoms with van der Waals surface area (Å²) in [5.74, 6) is 0.877. The molecule has 0 bridgehead atoms. The Hall–Kier alpha value is -2.62. The summed E-state index contributed by atoms with van der Waals surface area (Å²) in [5.41, 5.74) is 6.44. The van der Waals surface area contributed by atoms with E-state index in [1.807, 2.05) is 12.1 Å². The summed E-state index contributed by atoms with van der Waals surface area (Å²) in [6.07, 6.45) is 5.63. The zero-order valence-corrected chi connectivity index (χ0v) is 13.8. The summed E-state index contributed by atoms with van der Waals surface area (Å²) < 4.78 is 0.